The third kappa shape index (κ3) is 4.43. The van der Waals surface area contributed by atoms with Crippen molar-refractivity contribution >= 4 is 22.6 Å². The first kappa shape index (κ1) is 19.9. The summed E-state index contributed by atoms with van der Waals surface area (Å²) in [6.07, 6.45) is 4.47. The molecule has 0 aliphatic carbocycles. The smallest absolute Gasteiger partial charge is 0.226 e. The number of unbranched alkanes of at least 4 members (excludes halogenated alkanes) is 1. The molecule has 0 saturated carbocycles. The average molecular weight is 403 g/mol. The second kappa shape index (κ2) is 8.95. The van der Waals surface area contributed by atoms with Crippen molar-refractivity contribution in [2.75, 3.05) is 5.32 Å². The van der Waals surface area contributed by atoms with Gasteiger partial charge in [0.1, 0.15) is 5.76 Å². The van der Waals surface area contributed by atoms with Crippen LogP contribution in [0.3, 0.4) is 0 Å². The average Bonchev–Trinajstić information content (AvgIpc) is 3.34. The first-order chi connectivity index (χ1) is 14.6. The van der Waals surface area contributed by atoms with Gasteiger partial charge < -0.3 is 14.3 Å². The molecule has 30 heavy (non-hydrogen) atoms. The third-order valence-corrected chi connectivity index (χ3v) is 5.02. The van der Waals surface area contributed by atoms with Crippen LogP contribution in [0.5, 0.6) is 0 Å². The predicted molar refractivity (Wildman–Crippen MR) is 116 cm³/mol. The minimum absolute atomic E-state index is 0.117. The molecule has 0 radical (unpaired) electrons. The predicted octanol–water partition coefficient (Wildman–Crippen LogP) is 5.57. The maximum atomic E-state index is 11.3. The number of carbonyl (C=O) groups excluding carboxylic acids is 1. The van der Waals surface area contributed by atoms with Gasteiger partial charge in [0.25, 0.3) is 0 Å². The fourth-order valence-corrected chi connectivity index (χ4v) is 3.50. The van der Waals surface area contributed by atoms with Gasteiger partial charge in [0.05, 0.1) is 11.4 Å². The lowest BCUT2D eigenvalue weighted by Gasteiger charge is -2.01. The van der Waals surface area contributed by atoms with Gasteiger partial charge in [-0.05, 0) is 43.5 Å². The second-order valence-electron chi connectivity index (χ2n) is 7.38. The normalized spacial score (nSPS) is 11.1. The van der Waals surface area contributed by atoms with Gasteiger partial charge >= 0.3 is 0 Å². The van der Waals surface area contributed by atoms with E-state index in [0.717, 1.165) is 53.8 Å². The highest BCUT2D eigenvalue weighted by molar-refractivity contribution is 5.92. The quantitative estimate of drug-likeness (QED) is 0.416. The van der Waals surface area contributed by atoms with E-state index in [1.165, 1.54) is 6.92 Å². The van der Waals surface area contributed by atoms with Crippen LogP contribution in [0, 0.1) is 0 Å². The number of nitrogens with zero attached hydrogens (tertiary/aromatic N) is 2. The van der Waals surface area contributed by atoms with E-state index in [1.807, 2.05) is 42.5 Å². The molecule has 2 heterocycles. The summed E-state index contributed by atoms with van der Waals surface area (Å²) in [6, 6.07) is 15.6. The van der Waals surface area contributed by atoms with Gasteiger partial charge in [-0.3, -0.25) is 4.79 Å². The number of hydrogen-bond donors (Lipinski definition) is 1. The Morgan fingerprint density at radius 1 is 1.03 bits per heavy atom. The van der Waals surface area contributed by atoms with E-state index in [9.17, 15) is 4.79 Å². The Morgan fingerprint density at radius 2 is 1.83 bits per heavy atom. The highest BCUT2D eigenvalue weighted by atomic mass is 16.5. The monoisotopic (exact) mass is 403 g/mol. The van der Waals surface area contributed by atoms with Crippen LogP contribution in [0.2, 0.25) is 0 Å². The van der Waals surface area contributed by atoms with Crippen LogP contribution in [0.1, 0.15) is 43.8 Å². The van der Waals surface area contributed by atoms with E-state index in [1.54, 1.807) is 6.07 Å². The van der Waals surface area contributed by atoms with E-state index in [4.69, 9.17) is 13.9 Å². The molecular weight excluding hydrogens is 378 g/mol. The summed E-state index contributed by atoms with van der Waals surface area (Å²) >= 11 is 0. The Balaban J connectivity index is 1.55. The van der Waals surface area contributed by atoms with Crippen LogP contribution in [0.4, 0.5) is 5.69 Å². The molecule has 2 aromatic carbocycles. The van der Waals surface area contributed by atoms with Crippen LogP contribution in [0.15, 0.2) is 57.5 Å². The van der Waals surface area contributed by atoms with Crippen molar-refractivity contribution in [1.29, 1.82) is 0 Å². The summed E-state index contributed by atoms with van der Waals surface area (Å²) in [5, 5.41) is 7.95. The summed E-state index contributed by atoms with van der Waals surface area (Å²) in [4.78, 5) is 16.0. The van der Waals surface area contributed by atoms with Crippen molar-refractivity contribution in [2.45, 2.75) is 46.0 Å². The van der Waals surface area contributed by atoms with Crippen molar-refractivity contribution in [2.24, 2.45) is 0 Å². The number of fused-ring (bicyclic) bond motifs is 1. The van der Waals surface area contributed by atoms with Crippen molar-refractivity contribution in [3.05, 3.63) is 65.7 Å². The van der Waals surface area contributed by atoms with Gasteiger partial charge in [-0.2, -0.15) is 0 Å². The van der Waals surface area contributed by atoms with Crippen molar-refractivity contribution in [1.82, 2.24) is 10.1 Å². The number of aromatic nitrogens is 2. The van der Waals surface area contributed by atoms with E-state index in [0.29, 0.717) is 23.6 Å². The van der Waals surface area contributed by atoms with Crippen LogP contribution < -0.4 is 5.32 Å². The van der Waals surface area contributed by atoms with E-state index >= 15 is 0 Å². The number of oxazole rings is 1. The molecule has 0 atom stereocenters. The van der Waals surface area contributed by atoms with Gasteiger partial charge in [0, 0.05) is 36.0 Å². The van der Waals surface area contributed by atoms with Crippen LogP contribution in [-0.4, -0.2) is 16.0 Å². The Kier molecular flexibility index (Phi) is 5.93. The molecule has 6 nitrogen and oxygen atoms in total. The van der Waals surface area contributed by atoms with Crippen molar-refractivity contribution < 1.29 is 13.7 Å². The summed E-state index contributed by atoms with van der Waals surface area (Å²) in [5.74, 6) is 1.51. The largest absolute Gasteiger partial charge is 0.441 e. The lowest BCUT2D eigenvalue weighted by Crippen LogP contribution is -2.05. The number of hydrogen-bond acceptors (Lipinski definition) is 5. The van der Waals surface area contributed by atoms with Gasteiger partial charge in [-0.1, -0.05) is 36.7 Å². The lowest BCUT2D eigenvalue weighted by molar-refractivity contribution is -0.114. The summed E-state index contributed by atoms with van der Waals surface area (Å²) in [5.41, 5.74) is 4.20. The number of benzene rings is 2. The van der Waals surface area contributed by atoms with E-state index < -0.39 is 0 Å². The first-order valence-electron chi connectivity index (χ1n) is 10.3. The second-order valence-corrected chi connectivity index (χ2v) is 7.38. The number of carbonyl (C=O) groups is 1. The fourth-order valence-electron chi connectivity index (χ4n) is 3.50. The maximum absolute atomic E-state index is 11.3. The van der Waals surface area contributed by atoms with Crippen LogP contribution >= 0.6 is 0 Å². The molecule has 0 aliphatic heterocycles. The summed E-state index contributed by atoms with van der Waals surface area (Å²) in [7, 11) is 0. The molecule has 0 spiro atoms. The fraction of sp³-hybridized carbons (Fsp3) is 0.292. The van der Waals surface area contributed by atoms with E-state index in [-0.39, 0.29) is 5.91 Å². The van der Waals surface area contributed by atoms with Gasteiger partial charge in [0.2, 0.25) is 11.8 Å². The Morgan fingerprint density at radius 3 is 2.60 bits per heavy atom. The van der Waals surface area contributed by atoms with Gasteiger partial charge in [-0.25, -0.2) is 4.98 Å². The molecule has 0 saturated heterocycles. The number of rotatable bonds is 8. The maximum Gasteiger partial charge on any atom is 0.226 e. The molecule has 4 rings (SSSR count). The number of amides is 1. The Labute approximate surface area is 175 Å². The molecule has 154 valence electrons. The molecule has 0 unspecified atom stereocenters. The van der Waals surface area contributed by atoms with Crippen molar-refractivity contribution in [3.63, 3.8) is 0 Å². The zero-order valence-electron chi connectivity index (χ0n) is 17.3. The first-order valence-corrected chi connectivity index (χ1v) is 10.3. The molecule has 2 aromatic heterocycles. The summed E-state index contributed by atoms with van der Waals surface area (Å²) < 4.78 is 11.6. The summed E-state index contributed by atoms with van der Waals surface area (Å²) in [6.45, 7) is 3.65. The van der Waals surface area contributed by atoms with Gasteiger partial charge in [0.15, 0.2) is 5.58 Å². The highest BCUT2D eigenvalue weighted by Gasteiger charge is 2.16. The number of nitrogens with one attached hydrogen (secondary N) is 1. The molecule has 4 aromatic rings. The third-order valence-electron chi connectivity index (χ3n) is 5.02. The minimum atomic E-state index is -0.117. The number of anilines is 1. The highest BCUT2D eigenvalue weighted by Crippen LogP contribution is 2.26. The minimum Gasteiger partial charge on any atom is -0.441 e. The molecule has 6 heteroatoms. The molecule has 1 N–H and O–H groups in total. The number of aryl methyl sites for hydroxylation is 3. The zero-order valence-corrected chi connectivity index (χ0v) is 17.3. The topological polar surface area (TPSA) is 81.2 Å². The molecule has 0 fully saturated rings. The standard InChI is InChI=1S/C24H25N3O3/c1-3-4-10-22-21(26-24(29-22)17-8-6-5-7-9-17)14-13-20-19-12-11-18(25-16(2)28)15-23(19)30-27-20/h5-9,11-12,15H,3-4,10,13-14H2,1-2H3,(H,25,28). The lowest BCUT2D eigenvalue weighted by atomic mass is 10.1. The molecule has 1 amide bonds. The van der Waals surface area contributed by atoms with Crippen LogP contribution in [0.25, 0.3) is 22.4 Å². The molecule has 0 aliphatic rings. The van der Waals surface area contributed by atoms with Crippen molar-refractivity contribution in [3.8, 4) is 11.5 Å². The Bertz CT molecular complexity index is 1150. The molecular formula is C24H25N3O3. The van der Waals surface area contributed by atoms with Crippen LogP contribution in [-0.2, 0) is 24.1 Å². The zero-order chi connectivity index (χ0) is 20.9. The van der Waals surface area contributed by atoms with E-state index in [2.05, 4.69) is 17.4 Å². The van der Waals surface area contributed by atoms with Gasteiger partial charge in [-0.15, -0.1) is 0 Å². The Hall–Kier alpha value is -3.41. The SMILES string of the molecule is CCCCc1oc(-c2ccccc2)nc1CCc1noc2cc(NC(C)=O)ccc12. The molecule has 0 bridgehead atoms.